The number of hydrogen-bond donors (Lipinski definition) is 1. The Labute approximate surface area is 166 Å². The number of aryl methyl sites for hydroxylation is 1. The van der Waals surface area contributed by atoms with Crippen LogP contribution in [0.2, 0.25) is 0 Å². The molecule has 0 unspecified atom stereocenters. The van der Waals surface area contributed by atoms with Gasteiger partial charge in [-0.15, -0.1) is 0 Å². The summed E-state index contributed by atoms with van der Waals surface area (Å²) in [6, 6.07) is 15.1. The molecule has 29 heavy (non-hydrogen) atoms. The zero-order valence-electron chi connectivity index (χ0n) is 16.0. The molecule has 0 bridgehead atoms. The van der Waals surface area contributed by atoms with Crippen molar-refractivity contribution in [3.63, 3.8) is 0 Å². The summed E-state index contributed by atoms with van der Waals surface area (Å²) in [7, 11) is 1.63. The third kappa shape index (κ3) is 3.74. The van der Waals surface area contributed by atoms with Crippen molar-refractivity contribution in [3.05, 3.63) is 81.1 Å². The van der Waals surface area contributed by atoms with Crippen LogP contribution in [0.4, 0.5) is 0 Å². The van der Waals surface area contributed by atoms with Gasteiger partial charge >= 0.3 is 5.69 Å². The molecule has 0 spiro atoms. The number of nitrogens with zero attached hydrogens (tertiary/aromatic N) is 4. The van der Waals surface area contributed by atoms with Gasteiger partial charge in [-0.3, -0.25) is 19.3 Å². The molecule has 0 atom stereocenters. The molecule has 0 amide bonds. The monoisotopic (exact) mass is 391 g/mol. The fourth-order valence-electron chi connectivity index (χ4n) is 3.36. The first-order chi connectivity index (χ1) is 14.2. The lowest BCUT2D eigenvalue weighted by molar-refractivity contribution is 0.191. The van der Waals surface area contributed by atoms with E-state index in [1.807, 2.05) is 53.1 Å². The van der Waals surface area contributed by atoms with Crippen LogP contribution in [0.25, 0.3) is 22.7 Å². The molecule has 0 fully saturated rings. The van der Waals surface area contributed by atoms with Crippen LogP contribution in [0.15, 0.2) is 64.3 Å². The van der Waals surface area contributed by atoms with E-state index >= 15 is 0 Å². The Balaban J connectivity index is 1.94. The first-order valence-corrected chi connectivity index (χ1v) is 9.36. The summed E-state index contributed by atoms with van der Waals surface area (Å²) >= 11 is 0. The Bertz CT molecular complexity index is 1230. The van der Waals surface area contributed by atoms with Gasteiger partial charge in [-0.1, -0.05) is 36.4 Å². The topological polar surface area (TPSA) is 94.8 Å². The number of imidazole rings is 1. The lowest BCUT2D eigenvalue weighted by atomic mass is 10.2. The summed E-state index contributed by atoms with van der Waals surface area (Å²) in [5.74, 6) is 0.551. The van der Waals surface area contributed by atoms with E-state index in [2.05, 4.69) is 15.0 Å². The number of aromatic nitrogens is 5. The molecule has 0 saturated heterocycles. The van der Waals surface area contributed by atoms with Crippen LogP contribution >= 0.6 is 0 Å². The molecular weight excluding hydrogens is 370 g/mol. The van der Waals surface area contributed by atoms with Crippen molar-refractivity contribution in [1.82, 2.24) is 24.1 Å². The van der Waals surface area contributed by atoms with Crippen molar-refractivity contribution >= 4 is 11.2 Å². The van der Waals surface area contributed by atoms with E-state index in [-0.39, 0.29) is 0 Å². The second-order valence-corrected chi connectivity index (χ2v) is 6.65. The molecule has 0 aliphatic carbocycles. The SMILES string of the molecule is COCCCn1c(-c2ccccn2)nc2c1c(=O)[nH]c(=O)n2Cc1ccccc1. The van der Waals surface area contributed by atoms with Crippen LogP contribution in [-0.2, 0) is 17.8 Å². The van der Waals surface area contributed by atoms with Gasteiger partial charge in [0.2, 0.25) is 0 Å². The highest BCUT2D eigenvalue weighted by atomic mass is 16.5. The highest BCUT2D eigenvalue weighted by Gasteiger charge is 2.20. The Kier molecular flexibility index (Phi) is 5.35. The molecule has 3 aromatic heterocycles. The third-order valence-electron chi connectivity index (χ3n) is 4.69. The summed E-state index contributed by atoms with van der Waals surface area (Å²) < 4.78 is 8.47. The number of nitrogens with one attached hydrogen (secondary N) is 1. The summed E-state index contributed by atoms with van der Waals surface area (Å²) in [6.45, 7) is 1.37. The van der Waals surface area contributed by atoms with Crippen molar-refractivity contribution in [1.29, 1.82) is 0 Å². The minimum atomic E-state index is -0.486. The quantitative estimate of drug-likeness (QED) is 0.487. The first kappa shape index (κ1) is 18.8. The maximum Gasteiger partial charge on any atom is 0.330 e. The van der Waals surface area contributed by atoms with Crippen LogP contribution in [-0.4, -0.2) is 37.8 Å². The van der Waals surface area contributed by atoms with Crippen LogP contribution in [0, 0.1) is 0 Å². The fourth-order valence-corrected chi connectivity index (χ4v) is 3.36. The number of pyridine rings is 1. The highest BCUT2D eigenvalue weighted by Crippen LogP contribution is 2.21. The number of rotatable bonds is 7. The number of methoxy groups -OCH3 is 1. The normalized spacial score (nSPS) is 11.2. The van der Waals surface area contributed by atoms with E-state index in [9.17, 15) is 9.59 Å². The number of benzene rings is 1. The van der Waals surface area contributed by atoms with E-state index in [4.69, 9.17) is 4.74 Å². The third-order valence-corrected chi connectivity index (χ3v) is 4.69. The van der Waals surface area contributed by atoms with E-state index < -0.39 is 11.2 Å². The van der Waals surface area contributed by atoms with Gasteiger partial charge in [-0.25, -0.2) is 9.78 Å². The van der Waals surface area contributed by atoms with Crippen LogP contribution < -0.4 is 11.2 Å². The van der Waals surface area contributed by atoms with Crippen molar-refractivity contribution in [2.75, 3.05) is 13.7 Å². The van der Waals surface area contributed by atoms with Gasteiger partial charge in [0, 0.05) is 26.5 Å². The number of H-pyrrole nitrogens is 1. The Hall–Kier alpha value is -3.52. The molecule has 4 rings (SSSR count). The van der Waals surface area contributed by atoms with Gasteiger partial charge in [-0.2, -0.15) is 0 Å². The molecule has 8 heteroatoms. The van der Waals surface area contributed by atoms with Gasteiger partial charge < -0.3 is 9.30 Å². The minimum Gasteiger partial charge on any atom is -0.385 e. The van der Waals surface area contributed by atoms with Crippen molar-refractivity contribution < 1.29 is 4.74 Å². The van der Waals surface area contributed by atoms with E-state index in [1.165, 1.54) is 4.57 Å². The lowest BCUT2D eigenvalue weighted by Crippen LogP contribution is -2.31. The molecule has 8 nitrogen and oxygen atoms in total. The minimum absolute atomic E-state index is 0.309. The van der Waals surface area contributed by atoms with Crippen LogP contribution in [0.1, 0.15) is 12.0 Å². The summed E-state index contributed by atoms with van der Waals surface area (Å²) in [4.78, 5) is 36.8. The van der Waals surface area contributed by atoms with Gasteiger partial charge in [0.15, 0.2) is 17.0 Å². The van der Waals surface area contributed by atoms with Crippen molar-refractivity contribution in [2.45, 2.75) is 19.5 Å². The molecule has 0 aliphatic heterocycles. The predicted molar refractivity (Wildman–Crippen MR) is 110 cm³/mol. The molecule has 0 saturated carbocycles. The first-order valence-electron chi connectivity index (χ1n) is 9.36. The van der Waals surface area contributed by atoms with Crippen molar-refractivity contribution in [2.24, 2.45) is 0 Å². The van der Waals surface area contributed by atoms with Crippen LogP contribution in [0.5, 0.6) is 0 Å². The number of fused-ring (bicyclic) bond motifs is 1. The zero-order valence-corrected chi connectivity index (χ0v) is 16.0. The zero-order chi connectivity index (χ0) is 20.2. The molecule has 4 aromatic rings. The van der Waals surface area contributed by atoms with Gasteiger partial charge in [0.05, 0.1) is 6.54 Å². The Morgan fingerprint density at radius 1 is 1.03 bits per heavy atom. The standard InChI is InChI=1S/C21H21N5O3/c1-29-13-7-12-25-17-19(23-18(25)16-10-5-6-11-22-16)26(21(28)24-20(17)27)14-15-8-3-2-4-9-15/h2-6,8-11H,7,12-14H2,1H3,(H,24,27,28). The highest BCUT2D eigenvalue weighted by molar-refractivity contribution is 5.76. The smallest absolute Gasteiger partial charge is 0.330 e. The Morgan fingerprint density at radius 2 is 1.83 bits per heavy atom. The molecule has 0 radical (unpaired) electrons. The lowest BCUT2D eigenvalue weighted by Gasteiger charge is -2.09. The van der Waals surface area contributed by atoms with E-state index in [0.717, 1.165) is 5.56 Å². The second kappa shape index (κ2) is 8.24. The molecule has 148 valence electrons. The van der Waals surface area contributed by atoms with E-state index in [0.29, 0.717) is 48.8 Å². The summed E-state index contributed by atoms with van der Waals surface area (Å²) in [6.07, 6.45) is 2.37. The maximum absolute atomic E-state index is 12.7. The number of ether oxygens (including phenoxy) is 1. The number of hydrogen-bond acceptors (Lipinski definition) is 5. The van der Waals surface area contributed by atoms with Crippen LogP contribution in [0.3, 0.4) is 0 Å². The Morgan fingerprint density at radius 3 is 2.55 bits per heavy atom. The molecular formula is C21H21N5O3. The largest absolute Gasteiger partial charge is 0.385 e. The van der Waals surface area contributed by atoms with Gasteiger partial charge in [0.25, 0.3) is 5.56 Å². The van der Waals surface area contributed by atoms with Gasteiger partial charge in [0.1, 0.15) is 5.69 Å². The van der Waals surface area contributed by atoms with E-state index in [1.54, 1.807) is 13.3 Å². The predicted octanol–water partition coefficient (Wildman–Crippen LogP) is 2.03. The number of aromatic amines is 1. The molecule has 3 heterocycles. The summed E-state index contributed by atoms with van der Waals surface area (Å²) in [5, 5.41) is 0. The maximum atomic E-state index is 12.7. The van der Waals surface area contributed by atoms with Crippen molar-refractivity contribution in [3.8, 4) is 11.5 Å². The fraction of sp³-hybridized carbons (Fsp3) is 0.238. The molecule has 1 N–H and O–H groups in total. The molecule has 0 aliphatic rings. The molecule has 1 aromatic carbocycles. The summed E-state index contributed by atoms with van der Waals surface area (Å²) in [5.41, 5.74) is 1.34. The van der Waals surface area contributed by atoms with Gasteiger partial charge in [-0.05, 0) is 24.1 Å². The average molecular weight is 391 g/mol. The second-order valence-electron chi connectivity index (χ2n) is 6.65. The average Bonchev–Trinajstić information content (AvgIpc) is 3.13.